The summed E-state index contributed by atoms with van der Waals surface area (Å²) in [5, 5.41) is 12.1. The van der Waals surface area contributed by atoms with Crippen molar-refractivity contribution in [2.75, 3.05) is 11.1 Å². The zero-order chi connectivity index (χ0) is 23.5. The largest absolute Gasteiger partial charge is 0.325 e. The molecule has 0 spiro atoms. The fourth-order valence-corrected chi connectivity index (χ4v) is 4.54. The SMILES string of the molecule is Cc1cccn2cc(-c3ccc(NC(=O)CSc4nnc(C)n4Cc4ccccc4)cc3)nc12. The molecule has 3 heterocycles. The number of hydrogen-bond acceptors (Lipinski definition) is 5. The van der Waals surface area contributed by atoms with Crippen molar-refractivity contribution in [3.63, 3.8) is 0 Å². The van der Waals surface area contributed by atoms with Crippen LogP contribution in [-0.4, -0.2) is 35.8 Å². The Balaban J connectivity index is 1.21. The van der Waals surface area contributed by atoms with E-state index >= 15 is 0 Å². The summed E-state index contributed by atoms with van der Waals surface area (Å²) in [6.07, 6.45) is 4.01. The molecule has 0 bridgehead atoms. The van der Waals surface area contributed by atoms with Crippen LogP contribution in [0.2, 0.25) is 0 Å². The highest BCUT2D eigenvalue weighted by molar-refractivity contribution is 7.99. The van der Waals surface area contributed by atoms with Gasteiger partial charge in [0.2, 0.25) is 5.91 Å². The average molecular weight is 469 g/mol. The minimum atomic E-state index is -0.0898. The Morgan fingerprint density at radius 2 is 1.76 bits per heavy atom. The number of aromatic nitrogens is 5. The molecule has 5 aromatic rings. The van der Waals surface area contributed by atoms with Crippen molar-refractivity contribution in [1.82, 2.24) is 24.1 Å². The third-order valence-electron chi connectivity index (χ3n) is 5.56. The summed E-state index contributed by atoms with van der Waals surface area (Å²) in [5.41, 5.74) is 5.89. The summed E-state index contributed by atoms with van der Waals surface area (Å²) >= 11 is 1.38. The molecule has 1 amide bonds. The number of amides is 1. The van der Waals surface area contributed by atoms with E-state index < -0.39 is 0 Å². The Bertz CT molecular complexity index is 1440. The van der Waals surface area contributed by atoms with Crippen molar-refractivity contribution in [3.8, 4) is 11.3 Å². The molecule has 1 N–H and O–H groups in total. The summed E-state index contributed by atoms with van der Waals surface area (Å²) in [6, 6.07) is 22.0. The monoisotopic (exact) mass is 468 g/mol. The van der Waals surface area contributed by atoms with E-state index in [0.29, 0.717) is 6.54 Å². The lowest BCUT2D eigenvalue weighted by molar-refractivity contribution is -0.113. The van der Waals surface area contributed by atoms with Gasteiger partial charge in [-0.3, -0.25) is 4.79 Å². The first-order valence-electron chi connectivity index (χ1n) is 11.0. The normalized spacial score (nSPS) is 11.1. The lowest BCUT2D eigenvalue weighted by atomic mass is 10.1. The summed E-state index contributed by atoms with van der Waals surface area (Å²) < 4.78 is 4.05. The van der Waals surface area contributed by atoms with Crippen LogP contribution in [0.5, 0.6) is 0 Å². The molecule has 8 heteroatoms. The van der Waals surface area contributed by atoms with Crippen molar-refractivity contribution in [2.24, 2.45) is 0 Å². The molecular weight excluding hydrogens is 444 g/mol. The van der Waals surface area contributed by atoms with Crippen LogP contribution in [0.3, 0.4) is 0 Å². The van der Waals surface area contributed by atoms with Gasteiger partial charge in [-0.1, -0.05) is 60.3 Å². The molecule has 34 heavy (non-hydrogen) atoms. The number of hydrogen-bond donors (Lipinski definition) is 1. The van der Waals surface area contributed by atoms with Gasteiger partial charge in [0.15, 0.2) is 5.16 Å². The Hall–Kier alpha value is -3.91. The molecule has 0 aliphatic carbocycles. The van der Waals surface area contributed by atoms with Gasteiger partial charge in [-0.15, -0.1) is 10.2 Å². The van der Waals surface area contributed by atoms with Crippen LogP contribution in [-0.2, 0) is 11.3 Å². The van der Waals surface area contributed by atoms with Gasteiger partial charge >= 0.3 is 0 Å². The molecule has 0 aliphatic rings. The molecular formula is C26H24N6OS. The van der Waals surface area contributed by atoms with Gasteiger partial charge in [0.1, 0.15) is 11.5 Å². The molecule has 0 fully saturated rings. The first kappa shape index (κ1) is 21.9. The molecule has 0 radical (unpaired) electrons. The maximum absolute atomic E-state index is 12.6. The van der Waals surface area contributed by atoms with Crippen LogP contribution in [0.1, 0.15) is 17.0 Å². The van der Waals surface area contributed by atoms with Crippen LogP contribution in [0.25, 0.3) is 16.9 Å². The zero-order valence-electron chi connectivity index (χ0n) is 19.0. The number of anilines is 1. The third-order valence-corrected chi connectivity index (χ3v) is 6.53. The highest BCUT2D eigenvalue weighted by atomic mass is 32.2. The molecule has 7 nitrogen and oxygen atoms in total. The van der Waals surface area contributed by atoms with Crippen molar-refractivity contribution in [2.45, 2.75) is 25.5 Å². The number of fused-ring (bicyclic) bond motifs is 1. The van der Waals surface area contributed by atoms with Gasteiger partial charge in [0.05, 0.1) is 18.0 Å². The van der Waals surface area contributed by atoms with Gasteiger partial charge < -0.3 is 14.3 Å². The smallest absolute Gasteiger partial charge is 0.234 e. The molecule has 5 rings (SSSR count). The second kappa shape index (κ2) is 9.52. The van der Waals surface area contributed by atoms with E-state index in [0.717, 1.165) is 44.7 Å². The van der Waals surface area contributed by atoms with E-state index in [1.165, 1.54) is 11.8 Å². The van der Waals surface area contributed by atoms with Crippen molar-refractivity contribution < 1.29 is 4.79 Å². The number of benzene rings is 2. The number of carbonyl (C=O) groups is 1. The predicted octanol–water partition coefficient (Wildman–Crippen LogP) is 4.99. The minimum absolute atomic E-state index is 0.0898. The Kier molecular flexibility index (Phi) is 6.14. The minimum Gasteiger partial charge on any atom is -0.325 e. The van der Waals surface area contributed by atoms with Crippen LogP contribution >= 0.6 is 11.8 Å². The number of pyridine rings is 1. The second-order valence-corrected chi connectivity index (χ2v) is 9.01. The van der Waals surface area contributed by atoms with Crippen LogP contribution in [0, 0.1) is 13.8 Å². The molecule has 0 unspecified atom stereocenters. The summed E-state index contributed by atoms with van der Waals surface area (Å²) in [4.78, 5) is 17.3. The van der Waals surface area contributed by atoms with Crippen LogP contribution in [0.4, 0.5) is 5.69 Å². The maximum Gasteiger partial charge on any atom is 0.234 e. The van der Waals surface area contributed by atoms with Gasteiger partial charge in [0, 0.05) is 23.6 Å². The van der Waals surface area contributed by atoms with E-state index in [9.17, 15) is 4.79 Å². The molecule has 0 atom stereocenters. The predicted molar refractivity (Wildman–Crippen MR) is 135 cm³/mol. The number of nitrogens with one attached hydrogen (secondary N) is 1. The summed E-state index contributed by atoms with van der Waals surface area (Å²) in [6.45, 7) is 4.65. The number of nitrogens with zero attached hydrogens (tertiary/aromatic N) is 5. The number of carbonyl (C=O) groups excluding carboxylic acids is 1. The van der Waals surface area contributed by atoms with E-state index in [2.05, 4.69) is 27.6 Å². The zero-order valence-corrected chi connectivity index (χ0v) is 19.8. The fourth-order valence-electron chi connectivity index (χ4n) is 3.76. The van der Waals surface area contributed by atoms with Gasteiger partial charge in [-0.25, -0.2) is 4.98 Å². The first-order chi connectivity index (χ1) is 16.6. The average Bonchev–Trinajstić information content (AvgIpc) is 3.44. The van der Waals surface area contributed by atoms with Gasteiger partial charge in [0.25, 0.3) is 0 Å². The maximum atomic E-state index is 12.6. The van der Waals surface area contributed by atoms with Crippen LogP contribution in [0.15, 0.2) is 84.3 Å². The van der Waals surface area contributed by atoms with Gasteiger partial charge in [-0.2, -0.15) is 0 Å². The number of rotatable bonds is 7. The topological polar surface area (TPSA) is 77.1 Å². The third kappa shape index (κ3) is 4.72. The first-order valence-corrected chi connectivity index (χ1v) is 12.0. The van der Waals surface area contributed by atoms with E-state index in [-0.39, 0.29) is 11.7 Å². The highest BCUT2D eigenvalue weighted by Gasteiger charge is 2.13. The molecule has 0 saturated carbocycles. The Morgan fingerprint density at radius 3 is 2.53 bits per heavy atom. The lowest BCUT2D eigenvalue weighted by Crippen LogP contribution is -2.14. The summed E-state index contributed by atoms with van der Waals surface area (Å²) in [5.74, 6) is 0.984. The summed E-state index contributed by atoms with van der Waals surface area (Å²) in [7, 11) is 0. The molecule has 3 aromatic heterocycles. The van der Waals surface area contributed by atoms with Crippen LogP contribution < -0.4 is 5.32 Å². The highest BCUT2D eigenvalue weighted by Crippen LogP contribution is 2.23. The van der Waals surface area contributed by atoms with E-state index in [4.69, 9.17) is 4.98 Å². The Morgan fingerprint density at radius 1 is 0.971 bits per heavy atom. The molecule has 0 saturated heterocycles. The van der Waals surface area contributed by atoms with Crippen molar-refractivity contribution in [3.05, 3.63) is 96.1 Å². The van der Waals surface area contributed by atoms with E-state index in [1.54, 1.807) is 0 Å². The number of thioether (sulfide) groups is 1. The van der Waals surface area contributed by atoms with Crippen molar-refractivity contribution in [1.29, 1.82) is 0 Å². The fraction of sp³-hybridized carbons (Fsp3) is 0.154. The molecule has 0 aliphatic heterocycles. The standard InChI is InChI=1S/C26H24N6OS/c1-18-7-6-14-31-16-23(28-25(18)31)21-10-12-22(13-11-21)27-24(33)17-34-26-30-29-19(2)32(26)15-20-8-4-3-5-9-20/h3-14,16H,15,17H2,1-2H3,(H,27,33). The second-order valence-electron chi connectivity index (χ2n) is 8.06. The molecule has 170 valence electrons. The van der Waals surface area contributed by atoms with E-state index in [1.807, 2.05) is 89.8 Å². The van der Waals surface area contributed by atoms with Crippen molar-refractivity contribution >= 4 is 29.0 Å². The van der Waals surface area contributed by atoms with Gasteiger partial charge in [-0.05, 0) is 43.2 Å². The molecule has 2 aromatic carbocycles. The quantitative estimate of drug-likeness (QED) is 0.341. The lowest BCUT2D eigenvalue weighted by Gasteiger charge is -2.09. The Labute approximate surface area is 201 Å². The number of aryl methyl sites for hydroxylation is 2. The number of imidazole rings is 1.